The molecule has 0 spiro atoms. The largest absolute Gasteiger partial charge is 0.339 e. The molecule has 0 radical (unpaired) electrons. The number of amides is 1. The summed E-state index contributed by atoms with van der Waals surface area (Å²) in [7, 11) is 0. The molecule has 2 rings (SSSR count). The number of rotatable bonds is 2. The monoisotopic (exact) mass is 252 g/mol. The third kappa shape index (κ3) is 2.87. The van der Waals surface area contributed by atoms with Crippen LogP contribution >= 0.6 is 0 Å². The predicted octanol–water partition coefficient (Wildman–Crippen LogP) is 2.40. The average molecular weight is 252 g/mol. The van der Waals surface area contributed by atoms with Gasteiger partial charge in [-0.3, -0.25) is 4.79 Å². The smallest absolute Gasteiger partial charge is 0.225 e. The number of carbonyl (C=O) groups is 1. The Kier molecular flexibility index (Phi) is 4.31. The first-order valence-electron chi connectivity index (χ1n) is 7.55. The Hall–Kier alpha value is -0.570. The third-order valence-corrected chi connectivity index (χ3v) is 4.92. The molecule has 1 amide bonds. The van der Waals surface area contributed by atoms with E-state index in [2.05, 4.69) is 25.7 Å². The van der Waals surface area contributed by atoms with Crippen LogP contribution in [0.2, 0.25) is 0 Å². The average Bonchev–Trinajstić information content (AvgIpc) is 2.66. The molecule has 3 nitrogen and oxygen atoms in total. The lowest BCUT2D eigenvalue weighted by Crippen LogP contribution is -2.42. The van der Waals surface area contributed by atoms with Crippen LogP contribution in [-0.2, 0) is 4.79 Å². The summed E-state index contributed by atoms with van der Waals surface area (Å²) >= 11 is 0. The summed E-state index contributed by atoms with van der Waals surface area (Å²) in [5.41, 5.74) is 6.04. The minimum atomic E-state index is 0.157. The summed E-state index contributed by atoms with van der Waals surface area (Å²) in [6.07, 6.45) is 5.69. The van der Waals surface area contributed by atoms with E-state index in [-0.39, 0.29) is 5.92 Å². The minimum absolute atomic E-state index is 0.157. The van der Waals surface area contributed by atoms with Crippen LogP contribution < -0.4 is 5.73 Å². The number of hydrogen-bond donors (Lipinski definition) is 1. The van der Waals surface area contributed by atoms with E-state index in [0.29, 0.717) is 29.8 Å². The Labute approximate surface area is 111 Å². The third-order valence-electron chi connectivity index (χ3n) is 4.92. The molecule has 2 fully saturated rings. The van der Waals surface area contributed by atoms with Gasteiger partial charge >= 0.3 is 0 Å². The number of hydrogen-bond acceptors (Lipinski definition) is 2. The van der Waals surface area contributed by atoms with Crippen LogP contribution in [0.25, 0.3) is 0 Å². The number of nitrogens with two attached hydrogens (primary N) is 1. The molecule has 1 saturated carbocycles. The van der Waals surface area contributed by atoms with Gasteiger partial charge in [-0.05, 0) is 44.4 Å². The van der Waals surface area contributed by atoms with Crippen LogP contribution in [0.1, 0.15) is 52.9 Å². The number of carbonyl (C=O) groups excluding carboxylic acids is 1. The Bertz CT molecular complexity index is 305. The maximum atomic E-state index is 12.6. The van der Waals surface area contributed by atoms with Gasteiger partial charge < -0.3 is 10.6 Å². The molecule has 1 aliphatic carbocycles. The lowest BCUT2D eigenvalue weighted by Gasteiger charge is -2.33. The second kappa shape index (κ2) is 5.60. The van der Waals surface area contributed by atoms with Crippen LogP contribution in [-0.4, -0.2) is 29.4 Å². The van der Waals surface area contributed by atoms with E-state index >= 15 is 0 Å². The summed E-state index contributed by atoms with van der Waals surface area (Å²) < 4.78 is 0. The highest BCUT2D eigenvalue weighted by atomic mass is 16.2. The quantitative estimate of drug-likeness (QED) is 0.820. The highest BCUT2D eigenvalue weighted by Crippen LogP contribution is 2.32. The second-order valence-corrected chi connectivity index (χ2v) is 6.66. The van der Waals surface area contributed by atoms with Crippen molar-refractivity contribution in [1.82, 2.24) is 4.90 Å². The van der Waals surface area contributed by atoms with Crippen LogP contribution in [0.5, 0.6) is 0 Å². The Morgan fingerprint density at radius 2 is 2.00 bits per heavy atom. The lowest BCUT2D eigenvalue weighted by atomic mass is 9.78. The number of nitrogens with zero attached hydrogens (tertiary/aromatic N) is 1. The summed E-state index contributed by atoms with van der Waals surface area (Å²) in [6, 6.07) is 0.737. The van der Waals surface area contributed by atoms with Crippen molar-refractivity contribution in [2.24, 2.45) is 23.5 Å². The molecule has 0 aromatic rings. The Balaban J connectivity index is 1.95. The number of likely N-dealkylation sites (tertiary alicyclic amines) is 1. The molecule has 1 saturated heterocycles. The van der Waals surface area contributed by atoms with Crippen molar-refractivity contribution in [2.45, 2.75) is 65.0 Å². The first-order valence-corrected chi connectivity index (χ1v) is 7.55. The van der Waals surface area contributed by atoms with Crippen molar-refractivity contribution >= 4 is 5.91 Å². The Morgan fingerprint density at radius 1 is 1.28 bits per heavy atom. The molecular formula is C15H28N2O. The molecule has 104 valence electrons. The maximum Gasteiger partial charge on any atom is 0.225 e. The van der Waals surface area contributed by atoms with E-state index in [1.165, 1.54) is 12.8 Å². The molecule has 0 aromatic heterocycles. The summed E-state index contributed by atoms with van der Waals surface area (Å²) in [5.74, 6) is 1.68. The molecule has 2 aliphatic rings. The predicted molar refractivity (Wildman–Crippen MR) is 74.1 cm³/mol. The normalized spacial score (nSPS) is 38.8. The summed E-state index contributed by atoms with van der Waals surface area (Å²) in [4.78, 5) is 14.7. The first-order chi connectivity index (χ1) is 8.49. The molecular weight excluding hydrogens is 224 g/mol. The van der Waals surface area contributed by atoms with Gasteiger partial charge in [0.15, 0.2) is 0 Å². The van der Waals surface area contributed by atoms with Gasteiger partial charge in [0.1, 0.15) is 0 Å². The lowest BCUT2D eigenvalue weighted by molar-refractivity contribution is -0.137. The van der Waals surface area contributed by atoms with Crippen molar-refractivity contribution in [3.63, 3.8) is 0 Å². The van der Waals surface area contributed by atoms with Gasteiger partial charge in [-0.1, -0.05) is 20.3 Å². The molecule has 5 unspecified atom stereocenters. The molecule has 0 aromatic carbocycles. The molecule has 0 bridgehead atoms. The van der Waals surface area contributed by atoms with Gasteiger partial charge in [0.25, 0.3) is 0 Å². The highest BCUT2D eigenvalue weighted by molar-refractivity contribution is 5.79. The van der Waals surface area contributed by atoms with Crippen molar-refractivity contribution < 1.29 is 4.79 Å². The summed E-state index contributed by atoms with van der Waals surface area (Å²) in [5, 5.41) is 0. The van der Waals surface area contributed by atoms with Crippen molar-refractivity contribution in [2.75, 3.05) is 6.54 Å². The van der Waals surface area contributed by atoms with E-state index in [4.69, 9.17) is 5.73 Å². The fourth-order valence-corrected chi connectivity index (χ4v) is 3.79. The zero-order valence-electron chi connectivity index (χ0n) is 12.1. The van der Waals surface area contributed by atoms with Crippen LogP contribution in [0.15, 0.2) is 0 Å². The van der Waals surface area contributed by atoms with Gasteiger partial charge in [0, 0.05) is 24.5 Å². The minimum Gasteiger partial charge on any atom is -0.339 e. The summed E-state index contributed by atoms with van der Waals surface area (Å²) in [6.45, 7) is 7.48. The zero-order chi connectivity index (χ0) is 13.3. The fraction of sp³-hybridized carbons (Fsp3) is 0.933. The molecule has 18 heavy (non-hydrogen) atoms. The van der Waals surface area contributed by atoms with Gasteiger partial charge in [-0.15, -0.1) is 0 Å². The van der Waals surface area contributed by atoms with E-state index in [1.54, 1.807) is 0 Å². The van der Waals surface area contributed by atoms with Gasteiger partial charge in [-0.2, -0.15) is 0 Å². The van der Waals surface area contributed by atoms with E-state index in [9.17, 15) is 4.79 Å². The van der Waals surface area contributed by atoms with E-state index in [0.717, 1.165) is 25.8 Å². The molecule has 3 heteroatoms. The SMILES string of the molecule is CC1CC(C)N(C(=O)C(C)C2CCCC(N)C2)C1. The van der Waals surface area contributed by atoms with E-state index < -0.39 is 0 Å². The van der Waals surface area contributed by atoms with E-state index in [1.807, 2.05) is 0 Å². The van der Waals surface area contributed by atoms with Gasteiger partial charge in [-0.25, -0.2) is 0 Å². The van der Waals surface area contributed by atoms with Crippen molar-refractivity contribution in [1.29, 1.82) is 0 Å². The molecule has 1 aliphatic heterocycles. The van der Waals surface area contributed by atoms with Crippen LogP contribution in [0.4, 0.5) is 0 Å². The van der Waals surface area contributed by atoms with Crippen LogP contribution in [0, 0.1) is 17.8 Å². The van der Waals surface area contributed by atoms with Gasteiger partial charge in [0.2, 0.25) is 5.91 Å². The van der Waals surface area contributed by atoms with Gasteiger partial charge in [0.05, 0.1) is 0 Å². The first kappa shape index (κ1) is 13.9. The molecule has 5 atom stereocenters. The highest BCUT2D eigenvalue weighted by Gasteiger charge is 2.36. The fourth-order valence-electron chi connectivity index (χ4n) is 3.79. The molecule has 2 N–H and O–H groups in total. The Morgan fingerprint density at radius 3 is 2.56 bits per heavy atom. The van der Waals surface area contributed by atoms with Crippen LogP contribution in [0.3, 0.4) is 0 Å². The van der Waals surface area contributed by atoms with Crippen molar-refractivity contribution in [3.05, 3.63) is 0 Å². The standard InChI is InChI=1S/C15H28N2O/c1-10-7-11(2)17(9-10)15(18)12(3)13-5-4-6-14(16)8-13/h10-14H,4-9,16H2,1-3H3. The van der Waals surface area contributed by atoms with Crippen molar-refractivity contribution in [3.8, 4) is 0 Å². The maximum absolute atomic E-state index is 12.6. The zero-order valence-corrected chi connectivity index (χ0v) is 12.1. The topological polar surface area (TPSA) is 46.3 Å². The second-order valence-electron chi connectivity index (χ2n) is 6.66. The molecule has 1 heterocycles.